The summed E-state index contributed by atoms with van der Waals surface area (Å²) in [5, 5.41) is 17.4. The first kappa shape index (κ1) is 56.3. The zero-order chi connectivity index (χ0) is 52.2. The smallest absolute Gasteiger partial charge is 0.416 e. The Bertz CT molecular complexity index is 1870. The van der Waals surface area contributed by atoms with Gasteiger partial charge in [0.2, 0.25) is 0 Å². The van der Waals surface area contributed by atoms with Crippen LogP contribution < -0.4 is 11.1 Å². The maximum atomic E-state index is 16.4. The average molecular weight is 1000 g/mol. The first-order valence-corrected chi connectivity index (χ1v) is 30.9. The Morgan fingerprint density at radius 2 is 1.11 bits per heavy atom. The van der Waals surface area contributed by atoms with Crippen molar-refractivity contribution in [3.8, 4) is 0 Å². The summed E-state index contributed by atoms with van der Waals surface area (Å²) < 4.78 is 13.5. The monoisotopic (exact) mass is 1000 g/mol. The van der Waals surface area contributed by atoms with Gasteiger partial charge in [-0.05, 0) is 215 Å². The largest absolute Gasteiger partial charge is 0.446 e. The minimum absolute atomic E-state index is 0.0921. The van der Waals surface area contributed by atoms with Crippen molar-refractivity contribution in [2.75, 3.05) is 0 Å². The van der Waals surface area contributed by atoms with Crippen LogP contribution in [0.4, 0.5) is 9.59 Å². The van der Waals surface area contributed by atoms with Gasteiger partial charge in [0.1, 0.15) is 18.0 Å². The van der Waals surface area contributed by atoms with E-state index in [0.29, 0.717) is 108 Å². The highest BCUT2D eigenvalue weighted by Gasteiger charge is 2.77. The molecule has 0 spiro atoms. The SMILES string of the molecule is C=C[C@]1(C2CC(C)CCC2C(C)C)C[C@H](OC(=O)NC(=O)OC2CCC(N)CC2)[C@@]2(C3CC(C)CCC3C(C)C)[C@@H](C3CC(C)CCC3C(C)C)CC[C@]3(CCC(=O)[C@H]32)[C@@H](C2CC(C)CCC2C(C)C)[C@@H]1O. The van der Waals surface area contributed by atoms with E-state index in [4.69, 9.17) is 21.8 Å². The van der Waals surface area contributed by atoms with E-state index in [1.807, 2.05) is 0 Å². The molecular weight excluding hydrogens is 893 g/mol. The molecule has 2 amide bonds. The normalized spacial score (nSPS) is 47.1. The molecule has 2 bridgehead atoms. The summed E-state index contributed by atoms with van der Waals surface area (Å²) in [6, 6.07) is 0.0992. The van der Waals surface area contributed by atoms with Crippen molar-refractivity contribution < 1.29 is 29.0 Å². The number of ether oxygens (including phenoxy) is 2. The summed E-state index contributed by atoms with van der Waals surface area (Å²) in [6.45, 7) is 34.1. The van der Waals surface area contributed by atoms with E-state index >= 15 is 9.59 Å². The molecule has 8 rings (SSSR count). The molecule has 8 nitrogen and oxygen atoms in total. The van der Waals surface area contributed by atoms with E-state index in [-0.39, 0.29) is 47.7 Å². The molecule has 0 aliphatic heterocycles. The third kappa shape index (κ3) is 10.3. The molecule has 20 atom stereocenters. The van der Waals surface area contributed by atoms with E-state index < -0.39 is 40.6 Å². The number of aliphatic hydroxyl groups is 1. The lowest BCUT2D eigenvalue weighted by molar-refractivity contribution is -0.267. The van der Waals surface area contributed by atoms with Crippen molar-refractivity contribution in [2.45, 2.75) is 242 Å². The number of ketones is 1. The number of amides is 2. The minimum Gasteiger partial charge on any atom is -0.446 e. The van der Waals surface area contributed by atoms with Crippen LogP contribution in [-0.4, -0.2) is 47.4 Å². The number of hydrogen-bond acceptors (Lipinski definition) is 7. The van der Waals surface area contributed by atoms with Gasteiger partial charge < -0.3 is 20.3 Å². The van der Waals surface area contributed by atoms with E-state index in [1.54, 1.807) is 0 Å². The van der Waals surface area contributed by atoms with Crippen LogP contribution in [0.2, 0.25) is 0 Å². The third-order valence-electron chi connectivity index (χ3n) is 23.8. The zero-order valence-electron chi connectivity index (χ0n) is 48.0. The molecule has 0 saturated heterocycles. The van der Waals surface area contributed by atoms with Crippen molar-refractivity contribution >= 4 is 18.0 Å². The lowest BCUT2D eigenvalue weighted by Gasteiger charge is -2.71. The fourth-order valence-corrected chi connectivity index (χ4v) is 20.6. The van der Waals surface area contributed by atoms with Gasteiger partial charge in [-0.1, -0.05) is 115 Å². The Kier molecular flexibility index (Phi) is 17.6. The molecule has 410 valence electrons. The summed E-state index contributed by atoms with van der Waals surface area (Å²) in [5.74, 6) is 6.24. The minimum atomic E-state index is -0.815. The lowest BCUT2D eigenvalue weighted by Crippen LogP contribution is -2.72. The average Bonchev–Trinajstić information content (AvgIpc) is 3.66. The van der Waals surface area contributed by atoms with Crippen LogP contribution in [0.5, 0.6) is 0 Å². The number of aliphatic hydroxyl groups excluding tert-OH is 1. The first-order valence-electron chi connectivity index (χ1n) is 30.9. The van der Waals surface area contributed by atoms with Crippen LogP contribution in [0.3, 0.4) is 0 Å². The van der Waals surface area contributed by atoms with Gasteiger partial charge in [0.15, 0.2) is 0 Å². The van der Waals surface area contributed by atoms with Gasteiger partial charge in [-0.3, -0.25) is 4.79 Å². The Labute approximate surface area is 439 Å². The molecule has 8 heteroatoms. The second-order valence-electron chi connectivity index (χ2n) is 29.1. The maximum absolute atomic E-state index is 16.4. The van der Waals surface area contributed by atoms with Gasteiger partial charge in [-0.25, -0.2) is 14.9 Å². The predicted molar refractivity (Wildman–Crippen MR) is 292 cm³/mol. The van der Waals surface area contributed by atoms with Crippen LogP contribution >= 0.6 is 0 Å². The molecule has 8 aliphatic carbocycles. The predicted octanol–water partition coefficient (Wildman–Crippen LogP) is 15.2. The van der Waals surface area contributed by atoms with Crippen molar-refractivity contribution in [3.63, 3.8) is 0 Å². The second-order valence-corrected chi connectivity index (χ2v) is 29.1. The van der Waals surface area contributed by atoms with E-state index in [0.717, 1.165) is 89.9 Å². The Morgan fingerprint density at radius 1 is 0.625 bits per heavy atom. The molecule has 4 N–H and O–H groups in total. The number of imide groups is 1. The van der Waals surface area contributed by atoms with Crippen LogP contribution in [0.25, 0.3) is 0 Å². The van der Waals surface area contributed by atoms with Crippen LogP contribution in [0.1, 0.15) is 218 Å². The third-order valence-corrected chi connectivity index (χ3v) is 23.8. The van der Waals surface area contributed by atoms with Crippen LogP contribution in [-0.2, 0) is 14.3 Å². The summed E-state index contributed by atoms with van der Waals surface area (Å²) in [7, 11) is 0. The number of Topliss-reactive ketones (excluding diaryl/α,β-unsaturated/α-hetero) is 1. The fourth-order valence-electron chi connectivity index (χ4n) is 20.6. The second kappa shape index (κ2) is 22.6. The molecule has 72 heavy (non-hydrogen) atoms. The number of nitrogens with two attached hydrogens (primary N) is 1. The molecular formula is C64H108N2O6. The van der Waals surface area contributed by atoms with Gasteiger partial charge in [0.25, 0.3) is 0 Å². The molecule has 0 heterocycles. The molecule has 0 aromatic rings. The van der Waals surface area contributed by atoms with Crippen molar-refractivity contribution in [3.05, 3.63) is 12.7 Å². The number of carbonyl (C=O) groups is 3. The van der Waals surface area contributed by atoms with Crippen LogP contribution in [0, 0.1) is 129 Å². The van der Waals surface area contributed by atoms with Crippen molar-refractivity contribution in [1.29, 1.82) is 0 Å². The quantitative estimate of drug-likeness (QED) is 0.176. The first-order chi connectivity index (χ1) is 34.1. The molecule has 12 unspecified atom stereocenters. The molecule has 8 fully saturated rings. The van der Waals surface area contributed by atoms with E-state index in [1.165, 1.54) is 19.3 Å². The Hall–Kier alpha value is -1.93. The standard InChI is InChI=1S/C64H108N2O6/c1-14-62(53-33-42(12)17-25-48(53)38(6)7)35-56(72-61(70)66-60(69)71-45-21-19-44(65)20-22-45)64(54-34-43(13)18-26-49(54)39(8)9)52(50-31-40(10)15-23-46(50)36(2)3)27-29-63(30-28-55(67)58(63)64)57(59(62)68)51-32-41(11)16-24-47(51)37(4)5/h14,36-54,56-59,68H,1,15-35,65H2,2-13H3,(H,66,69,70)/t40?,41?,42?,43?,44?,45?,46?,47?,48?,49?,50?,51?,52-,53?,54?,56+,57+,58-,59+,62-,63+,64+/m1/s1. The summed E-state index contributed by atoms with van der Waals surface area (Å²) in [4.78, 5) is 45.9. The molecule has 0 aromatic heterocycles. The lowest BCUT2D eigenvalue weighted by atomic mass is 9.33. The zero-order valence-corrected chi connectivity index (χ0v) is 48.0. The number of rotatable bonds is 11. The Morgan fingerprint density at radius 3 is 1.67 bits per heavy atom. The number of hydrogen-bond donors (Lipinski definition) is 3. The number of carbonyl (C=O) groups excluding carboxylic acids is 3. The molecule has 0 radical (unpaired) electrons. The molecule has 0 aromatic carbocycles. The van der Waals surface area contributed by atoms with Crippen molar-refractivity contribution in [1.82, 2.24) is 5.32 Å². The van der Waals surface area contributed by atoms with E-state index in [9.17, 15) is 9.90 Å². The highest BCUT2D eigenvalue weighted by molar-refractivity contribution is 5.88. The molecule has 8 aliphatic rings. The van der Waals surface area contributed by atoms with Crippen LogP contribution in [0.15, 0.2) is 12.7 Å². The van der Waals surface area contributed by atoms with Gasteiger partial charge in [0.05, 0.1) is 6.10 Å². The Balaban J connectivity index is 1.44. The van der Waals surface area contributed by atoms with E-state index in [2.05, 4.69) is 94.5 Å². The summed E-state index contributed by atoms with van der Waals surface area (Å²) >= 11 is 0. The van der Waals surface area contributed by atoms with Crippen molar-refractivity contribution in [2.24, 2.45) is 134 Å². The number of alkyl carbamates (subject to hydrolysis) is 2. The highest BCUT2D eigenvalue weighted by Crippen LogP contribution is 2.77. The summed E-state index contributed by atoms with van der Waals surface area (Å²) in [6.07, 6.45) is 18.9. The van der Waals surface area contributed by atoms with Gasteiger partial charge in [-0.15, -0.1) is 6.58 Å². The number of nitrogens with one attached hydrogen (secondary N) is 1. The highest BCUT2D eigenvalue weighted by atomic mass is 16.6. The topological polar surface area (TPSA) is 128 Å². The van der Waals surface area contributed by atoms with Gasteiger partial charge in [-0.2, -0.15) is 0 Å². The van der Waals surface area contributed by atoms with Gasteiger partial charge >= 0.3 is 12.2 Å². The molecule has 8 saturated carbocycles. The van der Waals surface area contributed by atoms with Gasteiger partial charge in [0, 0.05) is 29.2 Å². The fraction of sp³-hybridized carbons (Fsp3) is 0.922. The summed E-state index contributed by atoms with van der Waals surface area (Å²) in [5.41, 5.74) is 4.25. The maximum Gasteiger partial charge on any atom is 0.416 e.